The smallest absolute Gasteiger partial charge is 0.306 e. The van der Waals surface area contributed by atoms with Crippen molar-refractivity contribution >= 4 is 5.97 Å². The summed E-state index contributed by atoms with van der Waals surface area (Å²) in [5, 5.41) is 9.00. The molecule has 100 valence electrons. The van der Waals surface area contributed by atoms with Crippen LogP contribution in [0.2, 0.25) is 0 Å². The number of hydrogen-bond acceptors (Lipinski definition) is 2. The van der Waals surface area contributed by atoms with Crippen molar-refractivity contribution in [3.8, 4) is 5.75 Å². The molecule has 3 nitrogen and oxygen atoms in total. The number of carboxylic acids is 1. The molecule has 0 amide bonds. The number of ether oxygens (including phenoxy) is 1. The molecular weight excluding hydrogens is 228 g/mol. The van der Waals surface area contributed by atoms with Gasteiger partial charge in [-0.15, -0.1) is 0 Å². The molecule has 1 atom stereocenters. The van der Waals surface area contributed by atoms with Crippen LogP contribution >= 0.6 is 0 Å². The number of carbonyl (C=O) groups is 1. The third kappa shape index (κ3) is 3.49. The van der Waals surface area contributed by atoms with Crippen LogP contribution in [0.5, 0.6) is 5.75 Å². The van der Waals surface area contributed by atoms with Crippen LogP contribution in [0.1, 0.15) is 37.5 Å². The van der Waals surface area contributed by atoms with E-state index in [1.807, 2.05) is 39.8 Å². The fourth-order valence-corrected chi connectivity index (χ4v) is 1.82. The van der Waals surface area contributed by atoms with E-state index in [1.165, 1.54) is 0 Å². The molecular formula is C15H22O3. The molecule has 1 rings (SSSR count). The molecule has 1 unspecified atom stereocenters. The molecule has 0 saturated heterocycles. The monoisotopic (exact) mass is 250 g/mol. The largest absolute Gasteiger partial charge is 0.490 e. The van der Waals surface area contributed by atoms with E-state index in [0.29, 0.717) is 6.42 Å². The van der Waals surface area contributed by atoms with Crippen LogP contribution < -0.4 is 4.74 Å². The highest BCUT2D eigenvalue weighted by Crippen LogP contribution is 2.29. The molecule has 0 aliphatic heterocycles. The van der Waals surface area contributed by atoms with E-state index in [1.54, 1.807) is 6.92 Å². The Labute approximate surface area is 109 Å². The van der Waals surface area contributed by atoms with E-state index in [-0.39, 0.29) is 6.10 Å². The minimum absolute atomic E-state index is 0.0874. The minimum atomic E-state index is -0.774. The lowest BCUT2D eigenvalue weighted by Crippen LogP contribution is -2.15. The van der Waals surface area contributed by atoms with Crippen molar-refractivity contribution in [3.63, 3.8) is 0 Å². The standard InChI is InChI=1S/C15H22O3/c1-9(2)18-14-12(5)10(3)6-7-13(14)8-11(4)15(16)17/h6-7,9,11H,8H2,1-5H3,(H,16,17). The van der Waals surface area contributed by atoms with Gasteiger partial charge in [0.25, 0.3) is 0 Å². The van der Waals surface area contributed by atoms with Crippen LogP contribution in [-0.4, -0.2) is 17.2 Å². The lowest BCUT2D eigenvalue weighted by Gasteiger charge is -2.19. The maximum absolute atomic E-state index is 10.9. The Balaban J connectivity index is 3.10. The molecule has 0 radical (unpaired) electrons. The Hall–Kier alpha value is -1.51. The summed E-state index contributed by atoms with van der Waals surface area (Å²) < 4.78 is 5.84. The van der Waals surface area contributed by atoms with Crippen molar-refractivity contribution in [1.29, 1.82) is 0 Å². The Morgan fingerprint density at radius 2 is 1.89 bits per heavy atom. The fraction of sp³-hybridized carbons (Fsp3) is 0.533. The summed E-state index contributed by atoms with van der Waals surface area (Å²) in [5.41, 5.74) is 3.23. The van der Waals surface area contributed by atoms with Crippen molar-refractivity contribution in [2.75, 3.05) is 0 Å². The average molecular weight is 250 g/mol. The number of hydrogen-bond donors (Lipinski definition) is 1. The summed E-state index contributed by atoms with van der Waals surface area (Å²) in [5.74, 6) is -0.330. The predicted molar refractivity (Wildman–Crippen MR) is 72.2 cm³/mol. The van der Waals surface area contributed by atoms with E-state index in [4.69, 9.17) is 9.84 Å². The van der Waals surface area contributed by atoms with Crippen LogP contribution in [0.15, 0.2) is 12.1 Å². The summed E-state index contributed by atoms with van der Waals surface area (Å²) in [6, 6.07) is 3.99. The van der Waals surface area contributed by atoms with Gasteiger partial charge in [0.15, 0.2) is 0 Å². The first kappa shape index (κ1) is 14.6. The van der Waals surface area contributed by atoms with Crippen molar-refractivity contribution in [1.82, 2.24) is 0 Å². The minimum Gasteiger partial charge on any atom is -0.490 e. The quantitative estimate of drug-likeness (QED) is 0.871. The highest BCUT2D eigenvalue weighted by atomic mass is 16.5. The third-order valence-electron chi connectivity index (χ3n) is 3.06. The zero-order valence-corrected chi connectivity index (χ0v) is 11.8. The van der Waals surface area contributed by atoms with Crippen molar-refractivity contribution in [2.24, 2.45) is 5.92 Å². The number of rotatable bonds is 5. The van der Waals surface area contributed by atoms with Crippen LogP contribution in [-0.2, 0) is 11.2 Å². The van der Waals surface area contributed by atoms with Gasteiger partial charge in [0.1, 0.15) is 5.75 Å². The van der Waals surface area contributed by atoms with E-state index < -0.39 is 11.9 Å². The van der Waals surface area contributed by atoms with Gasteiger partial charge in [-0.05, 0) is 50.8 Å². The van der Waals surface area contributed by atoms with E-state index in [0.717, 1.165) is 22.4 Å². The molecule has 0 bridgehead atoms. The van der Waals surface area contributed by atoms with Gasteiger partial charge in [-0.25, -0.2) is 0 Å². The molecule has 1 aromatic carbocycles. The second kappa shape index (κ2) is 5.89. The van der Waals surface area contributed by atoms with Crippen LogP contribution in [0.3, 0.4) is 0 Å². The SMILES string of the molecule is Cc1ccc(CC(C)C(=O)O)c(OC(C)C)c1C. The second-order valence-electron chi connectivity index (χ2n) is 5.11. The van der Waals surface area contributed by atoms with Gasteiger partial charge >= 0.3 is 5.97 Å². The Morgan fingerprint density at radius 3 is 2.39 bits per heavy atom. The molecule has 18 heavy (non-hydrogen) atoms. The van der Waals surface area contributed by atoms with Gasteiger partial charge in [-0.3, -0.25) is 4.79 Å². The van der Waals surface area contributed by atoms with Crippen molar-refractivity contribution in [3.05, 3.63) is 28.8 Å². The first-order valence-corrected chi connectivity index (χ1v) is 6.31. The summed E-state index contributed by atoms with van der Waals surface area (Å²) in [6.07, 6.45) is 0.586. The van der Waals surface area contributed by atoms with Crippen molar-refractivity contribution < 1.29 is 14.6 Å². The molecule has 0 heterocycles. The first-order chi connectivity index (χ1) is 8.32. The second-order valence-corrected chi connectivity index (χ2v) is 5.11. The van der Waals surface area contributed by atoms with Gasteiger partial charge in [-0.2, -0.15) is 0 Å². The Morgan fingerprint density at radius 1 is 1.28 bits per heavy atom. The third-order valence-corrected chi connectivity index (χ3v) is 3.06. The topological polar surface area (TPSA) is 46.5 Å². The van der Waals surface area contributed by atoms with Gasteiger partial charge in [-0.1, -0.05) is 19.1 Å². The van der Waals surface area contributed by atoms with E-state index in [2.05, 4.69) is 0 Å². The van der Waals surface area contributed by atoms with Gasteiger partial charge in [0, 0.05) is 0 Å². The van der Waals surface area contributed by atoms with Gasteiger partial charge in [0.2, 0.25) is 0 Å². The normalized spacial score (nSPS) is 12.6. The molecule has 1 N–H and O–H groups in total. The fourth-order valence-electron chi connectivity index (χ4n) is 1.82. The van der Waals surface area contributed by atoms with Crippen LogP contribution in [0.25, 0.3) is 0 Å². The molecule has 0 saturated carbocycles. The molecule has 0 aliphatic rings. The molecule has 1 aromatic rings. The maximum Gasteiger partial charge on any atom is 0.306 e. The summed E-state index contributed by atoms with van der Waals surface area (Å²) >= 11 is 0. The van der Waals surface area contributed by atoms with E-state index >= 15 is 0 Å². The van der Waals surface area contributed by atoms with Crippen LogP contribution in [0, 0.1) is 19.8 Å². The number of benzene rings is 1. The molecule has 0 fully saturated rings. The zero-order chi connectivity index (χ0) is 13.9. The molecule has 0 spiro atoms. The van der Waals surface area contributed by atoms with Crippen LogP contribution in [0.4, 0.5) is 0 Å². The zero-order valence-electron chi connectivity index (χ0n) is 11.8. The van der Waals surface area contributed by atoms with E-state index in [9.17, 15) is 4.79 Å². The molecule has 3 heteroatoms. The average Bonchev–Trinajstić information content (AvgIpc) is 2.27. The Kier molecular flexibility index (Phi) is 4.76. The highest BCUT2D eigenvalue weighted by Gasteiger charge is 2.17. The van der Waals surface area contributed by atoms with Crippen molar-refractivity contribution in [2.45, 2.75) is 47.1 Å². The van der Waals surface area contributed by atoms with Gasteiger partial charge < -0.3 is 9.84 Å². The summed E-state index contributed by atoms with van der Waals surface area (Å²) in [6.45, 7) is 9.73. The lowest BCUT2D eigenvalue weighted by molar-refractivity contribution is -0.141. The maximum atomic E-state index is 10.9. The van der Waals surface area contributed by atoms with Gasteiger partial charge in [0.05, 0.1) is 12.0 Å². The highest BCUT2D eigenvalue weighted by molar-refractivity contribution is 5.70. The Bertz CT molecular complexity index is 436. The number of aliphatic carboxylic acids is 1. The lowest BCUT2D eigenvalue weighted by atomic mass is 9.96. The summed E-state index contributed by atoms with van der Waals surface area (Å²) in [4.78, 5) is 10.9. The molecule has 0 aromatic heterocycles. The predicted octanol–water partition coefficient (Wildman–Crippen LogP) is 3.35. The number of aryl methyl sites for hydroxylation is 1. The molecule has 0 aliphatic carbocycles. The summed E-state index contributed by atoms with van der Waals surface area (Å²) in [7, 11) is 0. The first-order valence-electron chi connectivity index (χ1n) is 6.31. The number of carboxylic acid groups (broad SMARTS) is 1.